The molecule has 2 aromatic heterocycles. The Morgan fingerprint density at radius 2 is 1.80 bits per heavy atom. The lowest BCUT2D eigenvalue weighted by Gasteiger charge is -2.30. The van der Waals surface area contributed by atoms with Crippen LogP contribution in [0.2, 0.25) is 0 Å². The van der Waals surface area contributed by atoms with E-state index in [0.29, 0.717) is 12.1 Å². The topological polar surface area (TPSA) is 69.2 Å². The summed E-state index contributed by atoms with van der Waals surface area (Å²) in [6, 6.07) is 20.7. The lowest BCUT2D eigenvalue weighted by Crippen LogP contribution is -2.40. The van der Waals surface area contributed by atoms with Crippen molar-refractivity contribution in [1.82, 2.24) is 10.1 Å². The van der Waals surface area contributed by atoms with E-state index in [1.165, 1.54) is 0 Å². The van der Waals surface area contributed by atoms with Crippen molar-refractivity contribution >= 4 is 17.4 Å². The van der Waals surface area contributed by atoms with Gasteiger partial charge in [0.05, 0.1) is 23.0 Å². The second-order valence-corrected chi connectivity index (χ2v) is 9.20. The third kappa shape index (κ3) is 3.83. The third-order valence-corrected chi connectivity index (χ3v) is 6.82. The molecule has 0 radical (unpaired) electrons. The monoisotopic (exact) mass is 463 g/mol. The summed E-state index contributed by atoms with van der Waals surface area (Å²) in [7, 11) is 0. The second kappa shape index (κ2) is 8.92. The van der Waals surface area contributed by atoms with Gasteiger partial charge in [0.1, 0.15) is 6.17 Å². The maximum Gasteiger partial charge on any atom is 0.236 e. The molecule has 0 saturated carbocycles. The minimum Gasteiger partial charge on any atom is -0.338 e. The molecule has 1 aliphatic heterocycles. The number of nitriles is 1. The first-order chi connectivity index (χ1) is 16.9. The number of fused-ring (bicyclic) bond motifs is 1. The summed E-state index contributed by atoms with van der Waals surface area (Å²) in [4.78, 5) is 9.54. The van der Waals surface area contributed by atoms with Crippen molar-refractivity contribution < 1.29 is 4.52 Å². The molecule has 1 aliphatic rings. The van der Waals surface area contributed by atoms with Gasteiger partial charge in [-0.3, -0.25) is 4.90 Å². The SMILES string of the molecule is CCC1N(Cc2ccc(-c3ccccc3)c(C#N)c2)c2nc(C)cc(C)c2N1c1onc(C)c1C. The largest absolute Gasteiger partial charge is 0.338 e. The van der Waals surface area contributed by atoms with E-state index >= 15 is 0 Å². The lowest BCUT2D eigenvalue weighted by atomic mass is 9.98. The number of rotatable bonds is 5. The van der Waals surface area contributed by atoms with Crippen LogP contribution < -0.4 is 9.80 Å². The van der Waals surface area contributed by atoms with Crippen LogP contribution in [0.4, 0.5) is 17.4 Å². The van der Waals surface area contributed by atoms with E-state index < -0.39 is 0 Å². The molecule has 0 aliphatic carbocycles. The fourth-order valence-electron chi connectivity index (χ4n) is 5.03. The Morgan fingerprint density at radius 1 is 1.03 bits per heavy atom. The maximum absolute atomic E-state index is 9.91. The number of hydrogen-bond acceptors (Lipinski definition) is 6. The zero-order valence-corrected chi connectivity index (χ0v) is 20.8. The third-order valence-electron chi connectivity index (χ3n) is 6.82. The van der Waals surface area contributed by atoms with E-state index in [1.807, 2.05) is 50.2 Å². The number of anilines is 3. The number of nitrogens with zero attached hydrogens (tertiary/aromatic N) is 5. The van der Waals surface area contributed by atoms with Gasteiger partial charge in [-0.05, 0) is 68.5 Å². The van der Waals surface area contributed by atoms with E-state index in [9.17, 15) is 5.26 Å². The Morgan fingerprint density at radius 3 is 2.46 bits per heavy atom. The first-order valence-corrected chi connectivity index (χ1v) is 12.0. The highest BCUT2D eigenvalue weighted by Crippen LogP contribution is 2.48. The van der Waals surface area contributed by atoms with Gasteiger partial charge in [-0.1, -0.05) is 54.5 Å². The van der Waals surface area contributed by atoms with Crippen molar-refractivity contribution in [3.63, 3.8) is 0 Å². The fourth-order valence-corrected chi connectivity index (χ4v) is 5.03. The predicted molar refractivity (Wildman–Crippen MR) is 139 cm³/mol. The Kier molecular flexibility index (Phi) is 5.78. The van der Waals surface area contributed by atoms with E-state index in [4.69, 9.17) is 9.51 Å². The van der Waals surface area contributed by atoms with Crippen LogP contribution in [-0.2, 0) is 6.54 Å². The van der Waals surface area contributed by atoms with Crippen LogP contribution in [0.15, 0.2) is 59.1 Å². The van der Waals surface area contributed by atoms with E-state index in [2.05, 4.69) is 60.0 Å². The van der Waals surface area contributed by atoms with Gasteiger partial charge in [0.15, 0.2) is 5.82 Å². The number of pyridine rings is 1. The van der Waals surface area contributed by atoms with Crippen LogP contribution in [0.3, 0.4) is 0 Å². The Hall–Kier alpha value is -4.11. The van der Waals surface area contributed by atoms with Crippen LogP contribution in [0.25, 0.3) is 11.1 Å². The highest BCUT2D eigenvalue weighted by molar-refractivity contribution is 5.83. The molecule has 4 aromatic rings. The molecule has 176 valence electrons. The van der Waals surface area contributed by atoms with Crippen molar-refractivity contribution in [3.8, 4) is 17.2 Å². The molecule has 6 nitrogen and oxygen atoms in total. The quantitative estimate of drug-likeness (QED) is 0.327. The van der Waals surface area contributed by atoms with Crippen molar-refractivity contribution in [2.75, 3.05) is 9.80 Å². The van der Waals surface area contributed by atoms with Gasteiger partial charge in [-0.2, -0.15) is 5.26 Å². The number of aromatic nitrogens is 2. The molecule has 35 heavy (non-hydrogen) atoms. The zero-order valence-electron chi connectivity index (χ0n) is 20.8. The first-order valence-electron chi connectivity index (χ1n) is 12.0. The van der Waals surface area contributed by atoms with Gasteiger partial charge in [0, 0.05) is 17.8 Å². The molecule has 0 amide bonds. The lowest BCUT2D eigenvalue weighted by molar-refractivity contribution is 0.408. The maximum atomic E-state index is 9.91. The highest BCUT2D eigenvalue weighted by Gasteiger charge is 2.41. The van der Waals surface area contributed by atoms with Gasteiger partial charge in [0.2, 0.25) is 5.88 Å². The molecule has 0 N–H and O–H groups in total. The fraction of sp³-hybridized carbons (Fsp3) is 0.276. The summed E-state index contributed by atoms with van der Waals surface area (Å²) in [6.45, 7) is 11.0. The molecule has 0 saturated heterocycles. The number of aryl methyl sites for hydroxylation is 3. The van der Waals surface area contributed by atoms with Gasteiger partial charge in [-0.15, -0.1) is 0 Å². The predicted octanol–water partition coefficient (Wildman–Crippen LogP) is 6.74. The van der Waals surface area contributed by atoms with Crippen LogP contribution in [-0.4, -0.2) is 16.3 Å². The number of benzene rings is 2. The van der Waals surface area contributed by atoms with Crippen LogP contribution in [0, 0.1) is 39.0 Å². The van der Waals surface area contributed by atoms with Gasteiger partial charge < -0.3 is 9.42 Å². The molecule has 0 fully saturated rings. The van der Waals surface area contributed by atoms with E-state index in [1.54, 1.807) is 0 Å². The van der Waals surface area contributed by atoms with Crippen LogP contribution in [0.1, 0.15) is 47.0 Å². The van der Waals surface area contributed by atoms with Crippen molar-refractivity contribution in [1.29, 1.82) is 5.26 Å². The molecule has 1 unspecified atom stereocenters. The molecule has 0 spiro atoms. The summed E-state index contributed by atoms with van der Waals surface area (Å²) in [6.07, 6.45) is 0.879. The van der Waals surface area contributed by atoms with E-state index in [-0.39, 0.29) is 6.17 Å². The summed E-state index contributed by atoms with van der Waals surface area (Å²) in [5, 5.41) is 14.1. The molecular weight excluding hydrogens is 434 g/mol. The van der Waals surface area contributed by atoms with E-state index in [0.717, 1.165) is 63.0 Å². The molecule has 0 bridgehead atoms. The van der Waals surface area contributed by atoms with Crippen molar-refractivity contribution in [2.24, 2.45) is 0 Å². The van der Waals surface area contributed by atoms with Crippen molar-refractivity contribution in [2.45, 2.75) is 53.8 Å². The van der Waals surface area contributed by atoms with Crippen LogP contribution >= 0.6 is 0 Å². The summed E-state index contributed by atoms with van der Waals surface area (Å²) < 4.78 is 5.83. The second-order valence-electron chi connectivity index (χ2n) is 9.20. The first kappa shape index (κ1) is 22.7. The van der Waals surface area contributed by atoms with Gasteiger partial charge >= 0.3 is 0 Å². The Bertz CT molecular complexity index is 1430. The molecule has 5 rings (SSSR count). The summed E-state index contributed by atoms with van der Waals surface area (Å²) >= 11 is 0. The minimum atomic E-state index is 0.0170. The zero-order chi connectivity index (χ0) is 24.7. The van der Waals surface area contributed by atoms with Gasteiger partial charge in [0.25, 0.3) is 0 Å². The average Bonchev–Trinajstić information content (AvgIpc) is 3.35. The Balaban J connectivity index is 1.59. The average molecular weight is 464 g/mol. The summed E-state index contributed by atoms with van der Waals surface area (Å²) in [5.74, 6) is 1.71. The highest BCUT2D eigenvalue weighted by atomic mass is 16.5. The van der Waals surface area contributed by atoms with Gasteiger partial charge in [-0.25, -0.2) is 4.98 Å². The number of hydrogen-bond donors (Lipinski definition) is 0. The normalized spacial score (nSPS) is 14.8. The molecule has 3 heterocycles. The standard InChI is InChI=1S/C29H29N5O/c1-6-26-33(17-22-12-13-25(24(15-22)16-30)23-10-8-7-9-11-23)28-27(18(2)14-19(3)31-28)34(26)29-20(4)21(5)32-35-29/h7-15,26H,6,17H2,1-5H3. The molecular formula is C29H29N5O. The Labute approximate surface area is 206 Å². The van der Waals surface area contributed by atoms with Crippen LogP contribution in [0.5, 0.6) is 0 Å². The molecule has 6 heteroatoms. The minimum absolute atomic E-state index is 0.0170. The van der Waals surface area contributed by atoms with Crippen molar-refractivity contribution in [3.05, 3.63) is 88.2 Å². The molecule has 1 atom stereocenters. The summed E-state index contributed by atoms with van der Waals surface area (Å²) in [5.41, 5.74) is 8.85. The smallest absolute Gasteiger partial charge is 0.236 e. The molecule has 2 aromatic carbocycles.